The Hall–Kier alpha value is -3.12. The number of benzene rings is 2. The predicted octanol–water partition coefficient (Wildman–Crippen LogP) is 2.94. The van der Waals surface area contributed by atoms with Gasteiger partial charge in [0, 0.05) is 12.6 Å². The number of aliphatic hydroxyl groups is 1. The third-order valence-electron chi connectivity index (χ3n) is 5.24. The zero-order valence-corrected chi connectivity index (χ0v) is 15.7. The van der Waals surface area contributed by atoms with Crippen molar-refractivity contribution in [3.63, 3.8) is 0 Å². The molecule has 6 heteroatoms. The second-order valence-corrected chi connectivity index (χ2v) is 7.17. The molecule has 4 rings (SSSR count). The molecule has 3 aromatic rings. The number of primary amides is 1. The van der Waals surface area contributed by atoms with Gasteiger partial charge in [-0.25, -0.2) is 4.98 Å². The summed E-state index contributed by atoms with van der Waals surface area (Å²) in [5, 5.41) is 10.1. The number of aliphatic hydroxyl groups excluding tert-OH is 1. The van der Waals surface area contributed by atoms with Gasteiger partial charge in [0.1, 0.15) is 11.4 Å². The minimum absolute atomic E-state index is 0.185. The molecule has 1 heterocycles. The van der Waals surface area contributed by atoms with E-state index >= 15 is 0 Å². The van der Waals surface area contributed by atoms with Gasteiger partial charge >= 0.3 is 0 Å². The molecule has 1 aliphatic rings. The van der Waals surface area contributed by atoms with Crippen LogP contribution in [-0.2, 0) is 6.42 Å². The van der Waals surface area contributed by atoms with Crippen molar-refractivity contribution in [2.45, 2.75) is 31.9 Å². The Morgan fingerprint density at radius 3 is 2.79 bits per heavy atom. The van der Waals surface area contributed by atoms with Crippen molar-refractivity contribution in [3.05, 3.63) is 71.8 Å². The monoisotopic (exact) mass is 377 g/mol. The highest BCUT2D eigenvalue weighted by Gasteiger charge is 2.20. The number of hydrogen-bond acceptors (Lipinski definition) is 4. The number of fused-ring (bicyclic) bond motifs is 3. The zero-order chi connectivity index (χ0) is 19.7. The summed E-state index contributed by atoms with van der Waals surface area (Å²) in [6.07, 6.45) is 3.96. The molecule has 0 saturated carbocycles. The Morgan fingerprint density at radius 2 is 2.04 bits per heavy atom. The topological polar surface area (TPSA) is 90.4 Å². The van der Waals surface area contributed by atoms with Crippen LogP contribution in [0, 0.1) is 0 Å². The Labute approximate surface area is 163 Å². The van der Waals surface area contributed by atoms with E-state index in [9.17, 15) is 9.90 Å². The molecule has 2 atom stereocenters. The van der Waals surface area contributed by atoms with Crippen LogP contribution in [0.1, 0.15) is 41.0 Å². The first-order valence-corrected chi connectivity index (χ1v) is 9.38. The average Bonchev–Trinajstić information content (AvgIpc) is 3.29. The van der Waals surface area contributed by atoms with Crippen molar-refractivity contribution in [3.8, 4) is 16.9 Å². The third-order valence-corrected chi connectivity index (χ3v) is 5.24. The molecule has 1 aromatic heterocycles. The fourth-order valence-electron chi connectivity index (χ4n) is 3.79. The van der Waals surface area contributed by atoms with Gasteiger partial charge in [0.05, 0.1) is 25.1 Å². The SMILES string of the molecule is C[C@H](O)[C@@H](CCOc1ccc2c(c1)Cc1ccccc1-2)n1cnc(C(N)=O)c1. The molecule has 3 N–H and O–H groups in total. The first-order chi connectivity index (χ1) is 13.5. The van der Waals surface area contributed by atoms with Crippen LogP contribution in [0.2, 0.25) is 0 Å². The van der Waals surface area contributed by atoms with Crippen molar-refractivity contribution in [1.29, 1.82) is 0 Å². The van der Waals surface area contributed by atoms with E-state index in [0.29, 0.717) is 13.0 Å². The van der Waals surface area contributed by atoms with E-state index in [-0.39, 0.29) is 11.7 Å². The maximum absolute atomic E-state index is 11.2. The summed E-state index contributed by atoms with van der Waals surface area (Å²) in [5.41, 5.74) is 10.6. The van der Waals surface area contributed by atoms with Gasteiger partial charge in [0.25, 0.3) is 5.91 Å². The lowest BCUT2D eigenvalue weighted by Gasteiger charge is -2.21. The maximum Gasteiger partial charge on any atom is 0.268 e. The number of hydrogen-bond donors (Lipinski definition) is 2. The van der Waals surface area contributed by atoms with E-state index in [1.165, 1.54) is 28.6 Å². The summed E-state index contributed by atoms with van der Waals surface area (Å²) in [6, 6.07) is 14.4. The summed E-state index contributed by atoms with van der Waals surface area (Å²) in [6.45, 7) is 2.15. The largest absolute Gasteiger partial charge is 0.494 e. The molecule has 2 aromatic carbocycles. The lowest BCUT2D eigenvalue weighted by atomic mass is 10.1. The van der Waals surface area contributed by atoms with Gasteiger partial charge in [0.2, 0.25) is 0 Å². The molecule has 0 unspecified atom stereocenters. The standard InChI is InChI=1S/C22H23N3O3/c1-14(26)21(25-12-20(22(23)27)24-13-25)8-9-28-17-6-7-19-16(11-17)10-15-4-2-3-5-18(15)19/h2-7,11-14,21,26H,8-10H2,1H3,(H2,23,27)/t14-,21+/m0/s1. The van der Waals surface area contributed by atoms with Crippen molar-refractivity contribution in [2.75, 3.05) is 6.61 Å². The first-order valence-electron chi connectivity index (χ1n) is 9.38. The van der Waals surface area contributed by atoms with Crippen LogP contribution in [0.25, 0.3) is 11.1 Å². The molecule has 0 aliphatic heterocycles. The Bertz CT molecular complexity index is 1010. The Kier molecular flexibility index (Phi) is 4.88. The molecular formula is C22H23N3O3. The number of carbonyl (C=O) groups excluding carboxylic acids is 1. The van der Waals surface area contributed by atoms with Gasteiger partial charge < -0.3 is 20.1 Å². The van der Waals surface area contributed by atoms with Crippen molar-refractivity contribution in [1.82, 2.24) is 9.55 Å². The maximum atomic E-state index is 11.2. The molecule has 144 valence electrons. The smallest absolute Gasteiger partial charge is 0.268 e. The number of nitrogens with two attached hydrogens (primary N) is 1. The number of imidazole rings is 1. The lowest BCUT2D eigenvalue weighted by Crippen LogP contribution is -2.23. The van der Waals surface area contributed by atoms with Gasteiger partial charge in [-0.05, 0) is 47.7 Å². The van der Waals surface area contributed by atoms with Crippen LogP contribution in [0.3, 0.4) is 0 Å². The molecule has 0 fully saturated rings. The highest BCUT2D eigenvalue weighted by Crippen LogP contribution is 2.38. The van der Waals surface area contributed by atoms with Gasteiger partial charge in [-0.2, -0.15) is 0 Å². The number of amides is 1. The zero-order valence-electron chi connectivity index (χ0n) is 15.7. The molecule has 0 bridgehead atoms. The molecule has 0 spiro atoms. The molecular weight excluding hydrogens is 354 g/mol. The average molecular weight is 377 g/mol. The van der Waals surface area contributed by atoms with E-state index in [2.05, 4.69) is 41.4 Å². The molecule has 1 aliphatic carbocycles. The fourth-order valence-corrected chi connectivity index (χ4v) is 3.79. The van der Waals surface area contributed by atoms with Gasteiger partial charge in [-0.1, -0.05) is 30.3 Å². The molecule has 28 heavy (non-hydrogen) atoms. The van der Waals surface area contributed by atoms with Crippen molar-refractivity contribution < 1.29 is 14.6 Å². The van der Waals surface area contributed by atoms with E-state index in [1.807, 2.05) is 6.07 Å². The molecule has 1 amide bonds. The minimum atomic E-state index is -0.618. The van der Waals surface area contributed by atoms with Crippen LogP contribution in [0.15, 0.2) is 55.0 Å². The summed E-state index contributed by atoms with van der Waals surface area (Å²) in [7, 11) is 0. The van der Waals surface area contributed by atoms with E-state index in [1.54, 1.807) is 17.7 Å². The normalized spacial score (nSPS) is 14.2. The second-order valence-electron chi connectivity index (χ2n) is 7.17. The van der Waals surface area contributed by atoms with Gasteiger partial charge in [0.15, 0.2) is 0 Å². The second kappa shape index (κ2) is 7.48. The number of rotatable bonds is 7. The number of aromatic nitrogens is 2. The summed E-state index contributed by atoms with van der Waals surface area (Å²) in [4.78, 5) is 15.2. The molecule has 6 nitrogen and oxygen atoms in total. The van der Waals surface area contributed by atoms with Crippen LogP contribution in [0.5, 0.6) is 5.75 Å². The van der Waals surface area contributed by atoms with E-state index < -0.39 is 12.0 Å². The lowest BCUT2D eigenvalue weighted by molar-refractivity contribution is 0.0993. The third kappa shape index (κ3) is 3.51. The summed E-state index contributed by atoms with van der Waals surface area (Å²) < 4.78 is 7.67. The molecule has 0 saturated heterocycles. The number of nitrogens with zero attached hydrogens (tertiary/aromatic N) is 2. The molecule has 0 radical (unpaired) electrons. The fraction of sp³-hybridized carbons (Fsp3) is 0.273. The highest BCUT2D eigenvalue weighted by atomic mass is 16.5. The highest BCUT2D eigenvalue weighted by molar-refractivity contribution is 5.90. The Balaban J connectivity index is 1.41. The van der Waals surface area contributed by atoms with Crippen LogP contribution >= 0.6 is 0 Å². The van der Waals surface area contributed by atoms with Gasteiger partial charge in [-0.15, -0.1) is 0 Å². The first kappa shape index (κ1) is 18.3. The van der Waals surface area contributed by atoms with E-state index in [0.717, 1.165) is 12.2 Å². The van der Waals surface area contributed by atoms with Crippen LogP contribution in [-0.4, -0.2) is 33.3 Å². The van der Waals surface area contributed by atoms with E-state index in [4.69, 9.17) is 10.5 Å². The van der Waals surface area contributed by atoms with Gasteiger partial charge in [-0.3, -0.25) is 4.79 Å². The number of ether oxygens (including phenoxy) is 1. The van der Waals surface area contributed by atoms with Crippen LogP contribution in [0.4, 0.5) is 0 Å². The van der Waals surface area contributed by atoms with Crippen LogP contribution < -0.4 is 10.5 Å². The number of carbonyl (C=O) groups is 1. The summed E-state index contributed by atoms with van der Waals surface area (Å²) in [5.74, 6) is 0.234. The van der Waals surface area contributed by atoms with Crippen molar-refractivity contribution in [2.24, 2.45) is 5.73 Å². The quantitative estimate of drug-likeness (QED) is 0.518. The summed E-state index contributed by atoms with van der Waals surface area (Å²) >= 11 is 0. The van der Waals surface area contributed by atoms with Crippen molar-refractivity contribution >= 4 is 5.91 Å². The minimum Gasteiger partial charge on any atom is -0.494 e. The Morgan fingerprint density at radius 1 is 1.25 bits per heavy atom. The predicted molar refractivity (Wildman–Crippen MR) is 106 cm³/mol.